The second kappa shape index (κ2) is 6.12. The van der Waals surface area contributed by atoms with Gasteiger partial charge < -0.3 is 5.11 Å². The Bertz CT molecular complexity index is 221. The van der Waals surface area contributed by atoms with Crippen molar-refractivity contribution >= 4 is 0 Å². The van der Waals surface area contributed by atoms with Gasteiger partial charge in [0.05, 0.1) is 6.10 Å². The second-order valence-electron chi connectivity index (χ2n) is 4.93. The van der Waals surface area contributed by atoms with Gasteiger partial charge in [0.1, 0.15) is 0 Å². The van der Waals surface area contributed by atoms with Crippen molar-refractivity contribution in [3.8, 4) is 0 Å². The van der Waals surface area contributed by atoms with Crippen molar-refractivity contribution in [3.05, 3.63) is 24.3 Å². The summed E-state index contributed by atoms with van der Waals surface area (Å²) in [6.45, 7) is 7.90. The average Bonchev–Trinajstić information content (AvgIpc) is 2.26. The second-order valence-corrected chi connectivity index (χ2v) is 4.93. The van der Waals surface area contributed by atoms with E-state index in [0.29, 0.717) is 11.8 Å². The number of hydrogen-bond acceptors (Lipinski definition) is 1. The minimum Gasteiger partial charge on any atom is -0.388 e. The van der Waals surface area contributed by atoms with Crippen LogP contribution in [0.4, 0.5) is 0 Å². The summed E-state index contributed by atoms with van der Waals surface area (Å²) in [6.07, 6.45) is 10.0. The van der Waals surface area contributed by atoms with Gasteiger partial charge in [0.15, 0.2) is 0 Å². The summed E-state index contributed by atoms with van der Waals surface area (Å²) in [4.78, 5) is 0. The molecule has 1 fully saturated rings. The van der Waals surface area contributed by atoms with E-state index in [1.807, 2.05) is 12.2 Å². The van der Waals surface area contributed by atoms with Gasteiger partial charge in [0, 0.05) is 0 Å². The van der Waals surface area contributed by atoms with Gasteiger partial charge in [-0.05, 0) is 30.3 Å². The first-order valence-electron chi connectivity index (χ1n) is 6.17. The Hall–Kier alpha value is -0.560. The van der Waals surface area contributed by atoms with Crippen LogP contribution in [0.2, 0.25) is 0 Å². The highest BCUT2D eigenvalue weighted by atomic mass is 16.3. The topological polar surface area (TPSA) is 20.2 Å². The van der Waals surface area contributed by atoms with E-state index in [9.17, 15) is 5.11 Å². The molecule has 1 heteroatoms. The van der Waals surface area contributed by atoms with Crippen molar-refractivity contribution in [2.45, 2.75) is 52.1 Å². The SMILES string of the molecule is C=C/C=C(\C1CCCCC1)C(O)C(C)C. The minimum absolute atomic E-state index is 0.286. The van der Waals surface area contributed by atoms with Gasteiger partial charge in [-0.25, -0.2) is 0 Å². The molecule has 0 aromatic carbocycles. The molecular formula is C14H24O. The van der Waals surface area contributed by atoms with Crippen molar-refractivity contribution in [1.82, 2.24) is 0 Å². The van der Waals surface area contributed by atoms with Crippen molar-refractivity contribution in [3.63, 3.8) is 0 Å². The molecule has 1 N–H and O–H groups in total. The average molecular weight is 208 g/mol. The van der Waals surface area contributed by atoms with E-state index in [1.165, 1.54) is 37.7 Å². The molecule has 0 heterocycles. The lowest BCUT2D eigenvalue weighted by Crippen LogP contribution is -2.24. The van der Waals surface area contributed by atoms with Crippen LogP contribution in [0.1, 0.15) is 46.0 Å². The van der Waals surface area contributed by atoms with Crippen LogP contribution < -0.4 is 0 Å². The maximum absolute atomic E-state index is 10.2. The first-order chi connectivity index (χ1) is 7.16. The van der Waals surface area contributed by atoms with Crippen LogP contribution in [0.15, 0.2) is 24.3 Å². The Balaban J connectivity index is 2.72. The maximum Gasteiger partial charge on any atom is 0.0778 e. The summed E-state index contributed by atoms with van der Waals surface area (Å²) in [6, 6.07) is 0. The number of aliphatic hydroxyl groups excluding tert-OH is 1. The van der Waals surface area contributed by atoms with Crippen LogP contribution in [0, 0.1) is 11.8 Å². The number of rotatable bonds is 4. The van der Waals surface area contributed by atoms with Crippen molar-refractivity contribution in [2.75, 3.05) is 0 Å². The third-order valence-electron chi connectivity index (χ3n) is 3.36. The fourth-order valence-corrected chi connectivity index (χ4v) is 2.43. The lowest BCUT2D eigenvalue weighted by Gasteiger charge is -2.29. The normalized spacial score (nSPS) is 21.7. The summed E-state index contributed by atoms with van der Waals surface area (Å²) < 4.78 is 0. The molecule has 1 unspecified atom stereocenters. The number of allylic oxidation sites excluding steroid dienone is 2. The van der Waals surface area contributed by atoms with Crippen LogP contribution in [0.3, 0.4) is 0 Å². The van der Waals surface area contributed by atoms with E-state index in [1.54, 1.807) is 0 Å². The number of hydrogen-bond donors (Lipinski definition) is 1. The van der Waals surface area contributed by atoms with Crippen LogP contribution in [-0.2, 0) is 0 Å². The highest BCUT2D eigenvalue weighted by molar-refractivity contribution is 5.19. The van der Waals surface area contributed by atoms with Gasteiger partial charge in [-0.2, -0.15) is 0 Å². The van der Waals surface area contributed by atoms with Crippen LogP contribution >= 0.6 is 0 Å². The standard InChI is InChI=1S/C14H24O/c1-4-8-13(14(15)11(2)3)12-9-6-5-7-10-12/h4,8,11-12,14-15H,1,5-7,9-10H2,2-3H3/b13-8+. The monoisotopic (exact) mass is 208 g/mol. The zero-order chi connectivity index (χ0) is 11.3. The van der Waals surface area contributed by atoms with E-state index >= 15 is 0 Å². The molecule has 1 rings (SSSR count). The molecule has 0 bridgehead atoms. The molecule has 0 radical (unpaired) electrons. The highest BCUT2D eigenvalue weighted by Crippen LogP contribution is 2.33. The summed E-state index contributed by atoms with van der Waals surface area (Å²) >= 11 is 0. The molecule has 1 nitrogen and oxygen atoms in total. The molecule has 86 valence electrons. The molecule has 15 heavy (non-hydrogen) atoms. The first-order valence-corrected chi connectivity index (χ1v) is 6.17. The van der Waals surface area contributed by atoms with Gasteiger partial charge >= 0.3 is 0 Å². The molecule has 0 aliphatic heterocycles. The van der Waals surface area contributed by atoms with Crippen LogP contribution in [0.5, 0.6) is 0 Å². The van der Waals surface area contributed by atoms with Gasteiger partial charge in [0.25, 0.3) is 0 Å². The predicted octanol–water partition coefficient (Wildman–Crippen LogP) is 3.70. The zero-order valence-corrected chi connectivity index (χ0v) is 10.1. The van der Waals surface area contributed by atoms with Gasteiger partial charge in [0.2, 0.25) is 0 Å². The highest BCUT2D eigenvalue weighted by Gasteiger charge is 2.24. The molecule has 1 aliphatic carbocycles. The molecule has 1 atom stereocenters. The van der Waals surface area contributed by atoms with E-state index < -0.39 is 0 Å². The summed E-state index contributed by atoms with van der Waals surface area (Å²) in [5.41, 5.74) is 1.21. The Morgan fingerprint density at radius 2 is 1.87 bits per heavy atom. The van der Waals surface area contributed by atoms with Crippen molar-refractivity contribution < 1.29 is 5.11 Å². The molecule has 0 saturated heterocycles. The third kappa shape index (κ3) is 3.49. The fourth-order valence-electron chi connectivity index (χ4n) is 2.43. The van der Waals surface area contributed by atoms with Crippen molar-refractivity contribution in [1.29, 1.82) is 0 Å². The first kappa shape index (κ1) is 12.5. The van der Waals surface area contributed by atoms with Gasteiger partial charge in [-0.1, -0.05) is 51.8 Å². The van der Waals surface area contributed by atoms with Gasteiger partial charge in [-0.3, -0.25) is 0 Å². The smallest absolute Gasteiger partial charge is 0.0778 e. The van der Waals surface area contributed by atoms with E-state index in [2.05, 4.69) is 20.4 Å². The largest absolute Gasteiger partial charge is 0.388 e. The summed E-state index contributed by atoms with van der Waals surface area (Å²) in [5.74, 6) is 0.896. The van der Waals surface area contributed by atoms with Crippen LogP contribution in [0.25, 0.3) is 0 Å². The molecule has 0 spiro atoms. The molecule has 0 aromatic heterocycles. The van der Waals surface area contributed by atoms with E-state index in [-0.39, 0.29) is 6.10 Å². The molecular weight excluding hydrogens is 184 g/mol. The molecule has 1 saturated carbocycles. The maximum atomic E-state index is 10.2. The van der Waals surface area contributed by atoms with Crippen LogP contribution in [-0.4, -0.2) is 11.2 Å². The Kier molecular flexibility index (Phi) is 5.10. The lowest BCUT2D eigenvalue weighted by molar-refractivity contribution is 0.142. The molecule has 0 aromatic rings. The minimum atomic E-state index is -0.286. The Labute approximate surface area is 93.9 Å². The Morgan fingerprint density at radius 1 is 1.27 bits per heavy atom. The predicted molar refractivity (Wildman–Crippen MR) is 65.7 cm³/mol. The fraction of sp³-hybridized carbons (Fsp3) is 0.714. The Morgan fingerprint density at radius 3 is 2.33 bits per heavy atom. The zero-order valence-electron chi connectivity index (χ0n) is 10.1. The third-order valence-corrected chi connectivity index (χ3v) is 3.36. The number of aliphatic hydroxyl groups is 1. The van der Waals surface area contributed by atoms with Crippen molar-refractivity contribution in [2.24, 2.45) is 11.8 Å². The van der Waals surface area contributed by atoms with E-state index in [4.69, 9.17) is 0 Å². The summed E-state index contributed by atoms with van der Waals surface area (Å²) in [5, 5.41) is 10.2. The molecule has 0 amide bonds. The van der Waals surface area contributed by atoms with Gasteiger partial charge in [-0.15, -0.1) is 0 Å². The lowest BCUT2D eigenvalue weighted by atomic mass is 9.79. The molecule has 1 aliphatic rings. The van der Waals surface area contributed by atoms with E-state index in [0.717, 1.165) is 0 Å². The quantitative estimate of drug-likeness (QED) is 0.698. The summed E-state index contributed by atoms with van der Waals surface area (Å²) in [7, 11) is 0.